The van der Waals surface area contributed by atoms with Crippen molar-refractivity contribution in [3.05, 3.63) is 59.8 Å². The predicted octanol–water partition coefficient (Wildman–Crippen LogP) is 2.50. The Hall–Kier alpha value is -2.39. The number of sulfone groups is 1. The number of nitriles is 1. The Balaban J connectivity index is 2.00. The number of hydrogen-bond donors (Lipinski definition) is 0. The number of hydrogen-bond acceptors (Lipinski definition) is 4. The highest BCUT2D eigenvalue weighted by molar-refractivity contribution is 7.95. The zero-order valence-electron chi connectivity index (χ0n) is 13.2. The second-order valence-corrected chi connectivity index (χ2v) is 8.17. The fourth-order valence-corrected chi connectivity index (χ4v) is 4.59. The molecule has 0 fully saturated rings. The third kappa shape index (κ3) is 2.55. The lowest BCUT2D eigenvalue weighted by Gasteiger charge is -2.26. The van der Waals surface area contributed by atoms with E-state index in [0.29, 0.717) is 6.42 Å². The normalized spacial score (nSPS) is 25.6. The first kappa shape index (κ1) is 16.5. The van der Waals surface area contributed by atoms with Crippen LogP contribution in [0.4, 0.5) is 0 Å². The average molecular weight is 342 g/mol. The van der Waals surface area contributed by atoms with E-state index < -0.39 is 15.3 Å². The monoisotopic (exact) mass is 342 g/mol. The van der Waals surface area contributed by atoms with Gasteiger partial charge in [0.25, 0.3) is 0 Å². The van der Waals surface area contributed by atoms with Crippen LogP contribution in [0.3, 0.4) is 0 Å². The quantitative estimate of drug-likeness (QED) is 0.770. The fraction of sp³-hybridized carbons (Fsp3) is 0.333. The maximum Gasteiger partial charge on any atom is 0.181 e. The maximum atomic E-state index is 13.1. The molecule has 0 saturated carbocycles. The van der Waals surface area contributed by atoms with E-state index in [4.69, 9.17) is 0 Å². The molecule has 2 heterocycles. The van der Waals surface area contributed by atoms with Crippen molar-refractivity contribution in [3.8, 4) is 6.07 Å². The smallest absolute Gasteiger partial charge is 0.181 e. The van der Waals surface area contributed by atoms with E-state index in [-0.39, 0.29) is 28.8 Å². The van der Waals surface area contributed by atoms with Gasteiger partial charge in [-0.2, -0.15) is 5.26 Å². The number of fused-ring (bicyclic) bond motifs is 1. The largest absolute Gasteiger partial charge is 0.351 e. The Bertz CT molecular complexity index is 899. The summed E-state index contributed by atoms with van der Waals surface area (Å²) in [5, 5.41) is 9.71. The van der Waals surface area contributed by atoms with Crippen molar-refractivity contribution < 1.29 is 13.2 Å². The number of ketones is 1. The van der Waals surface area contributed by atoms with Crippen LogP contribution in [-0.2, 0) is 21.2 Å². The molecule has 0 saturated heterocycles. The predicted molar refractivity (Wildman–Crippen MR) is 90.7 cm³/mol. The van der Waals surface area contributed by atoms with Gasteiger partial charge in [-0.15, -0.1) is 6.58 Å². The molecular formula is C18H18N2O3S. The van der Waals surface area contributed by atoms with Gasteiger partial charge in [0.1, 0.15) is 5.41 Å². The number of carbonyl (C=O) groups excluding carboxylic acids is 1. The molecule has 1 aliphatic carbocycles. The number of nitrogens with zero attached hydrogens (tertiary/aromatic N) is 2. The fourth-order valence-electron chi connectivity index (χ4n) is 3.40. The molecule has 0 amide bonds. The Morgan fingerprint density at radius 3 is 3.04 bits per heavy atom. The molecule has 1 aliphatic heterocycles. The standard InChI is InChI=1S/C18H18N2O3S/c1-2-11-24(22,23)14-5-3-8-18(12-14,13-19)17(21)15-7-10-20-9-4-6-16(15)20/h2-6,9,12,15H,1,7-8,10-11H2. The maximum absolute atomic E-state index is 13.1. The number of rotatable bonds is 5. The van der Waals surface area contributed by atoms with Gasteiger partial charge >= 0.3 is 0 Å². The van der Waals surface area contributed by atoms with Gasteiger partial charge in [0.2, 0.25) is 0 Å². The van der Waals surface area contributed by atoms with Crippen LogP contribution in [-0.4, -0.2) is 24.5 Å². The van der Waals surface area contributed by atoms with E-state index in [2.05, 4.69) is 12.6 Å². The molecule has 6 heteroatoms. The highest BCUT2D eigenvalue weighted by Gasteiger charge is 2.44. The summed E-state index contributed by atoms with van der Waals surface area (Å²) < 4.78 is 26.6. The minimum Gasteiger partial charge on any atom is -0.351 e. The topological polar surface area (TPSA) is 79.9 Å². The third-order valence-electron chi connectivity index (χ3n) is 4.64. The highest BCUT2D eigenvalue weighted by Crippen LogP contribution is 2.41. The molecule has 0 spiro atoms. The van der Waals surface area contributed by atoms with E-state index in [1.54, 1.807) is 6.08 Å². The number of carbonyl (C=O) groups is 1. The Kier molecular flexibility index (Phi) is 4.06. The molecule has 0 bridgehead atoms. The van der Waals surface area contributed by atoms with Crippen molar-refractivity contribution in [2.45, 2.75) is 25.3 Å². The van der Waals surface area contributed by atoms with Crippen molar-refractivity contribution in [1.82, 2.24) is 4.57 Å². The summed E-state index contributed by atoms with van der Waals surface area (Å²) in [5.74, 6) is -0.811. The van der Waals surface area contributed by atoms with E-state index in [1.165, 1.54) is 18.2 Å². The van der Waals surface area contributed by atoms with Gasteiger partial charge in [-0.1, -0.05) is 12.2 Å². The lowest BCUT2D eigenvalue weighted by atomic mass is 9.73. The van der Waals surface area contributed by atoms with Crippen LogP contribution in [0.5, 0.6) is 0 Å². The van der Waals surface area contributed by atoms with E-state index in [9.17, 15) is 18.5 Å². The van der Waals surface area contributed by atoms with Crippen LogP contribution in [0.1, 0.15) is 24.5 Å². The van der Waals surface area contributed by atoms with Gasteiger partial charge in [0.05, 0.1) is 22.6 Å². The van der Waals surface area contributed by atoms with Crippen molar-refractivity contribution in [2.75, 3.05) is 5.75 Å². The van der Waals surface area contributed by atoms with Gasteiger partial charge in [-0.3, -0.25) is 4.79 Å². The molecule has 124 valence electrons. The van der Waals surface area contributed by atoms with Gasteiger partial charge < -0.3 is 4.57 Å². The zero-order chi connectivity index (χ0) is 17.4. The molecule has 0 aromatic carbocycles. The van der Waals surface area contributed by atoms with Crippen LogP contribution >= 0.6 is 0 Å². The zero-order valence-corrected chi connectivity index (χ0v) is 14.0. The highest BCUT2D eigenvalue weighted by atomic mass is 32.2. The van der Waals surface area contributed by atoms with Crippen molar-refractivity contribution in [2.24, 2.45) is 5.41 Å². The lowest BCUT2D eigenvalue weighted by molar-refractivity contribution is -0.125. The summed E-state index contributed by atoms with van der Waals surface area (Å²) in [4.78, 5) is 13.1. The van der Waals surface area contributed by atoms with Crippen LogP contribution in [0, 0.1) is 16.7 Å². The molecule has 2 unspecified atom stereocenters. The van der Waals surface area contributed by atoms with Crippen LogP contribution in [0.15, 0.2) is 54.1 Å². The molecule has 2 aliphatic rings. The lowest BCUT2D eigenvalue weighted by Crippen LogP contribution is -2.33. The molecule has 3 rings (SSSR count). The van der Waals surface area contributed by atoms with Crippen molar-refractivity contribution in [3.63, 3.8) is 0 Å². The van der Waals surface area contributed by atoms with Crippen LogP contribution < -0.4 is 0 Å². The molecule has 5 nitrogen and oxygen atoms in total. The molecule has 2 atom stereocenters. The Morgan fingerprint density at radius 1 is 1.54 bits per heavy atom. The van der Waals surface area contributed by atoms with Crippen LogP contribution in [0.2, 0.25) is 0 Å². The first-order valence-corrected chi connectivity index (χ1v) is 9.42. The molecule has 24 heavy (non-hydrogen) atoms. The van der Waals surface area contributed by atoms with Gasteiger partial charge in [0.15, 0.2) is 15.6 Å². The van der Waals surface area contributed by atoms with Gasteiger partial charge in [-0.05, 0) is 37.1 Å². The number of allylic oxidation sites excluding steroid dienone is 3. The van der Waals surface area contributed by atoms with E-state index in [0.717, 1.165) is 12.2 Å². The summed E-state index contributed by atoms with van der Waals surface area (Å²) in [6.07, 6.45) is 8.47. The van der Waals surface area contributed by atoms with Crippen LogP contribution in [0.25, 0.3) is 0 Å². The van der Waals surface area contributed by atoms with Crippen molar-refractivity contribution in [1.29, 1.82) is 5.26 Å². The number of Topliss-reactive ketones (excluding diaryl/α,β-unsaturated/α-hetero) is 1. The first-order chi connectivity index (χ1) is 11.4. The minimum absolute atomic E-state index is 0.0249. The Morgan fingerprint density at radius 2 is 2.33 bits per heavy atom. The molecule has 1 aromatic heterocycles. The van der Waals surface area contributed by atoms with E-state index in [1.807, 2.05) is 22.9 Å². The average Bonchev–Trinajstić information content (AvgIpc) is 3.17. The summed E-state index contributed by atoms with van der Waals surface area (Å²) in [6.45, 7) is 4.19. The van der Waals surface area contributed by atoms with Gasteiger partial charge in [-0.25, -0.2) is 8.42 Å². The molecule has 1 aromatic rings. The summed E-state index contributed by atoms with van der Waals surface area (Å²) >= 11 is 0. The summed E-state index contributed by atoms with van der Waals surface area (Å²) in [7, 11) is -3.57. The van der Waals surface area contributed by atoms with Gasteiger partial charge in [0, 0.05) is 18.4 Å². The number of aromatic nitrogens is 1. The summed E-state index contributed by atoms with van der Waals surface area (Å²) in [5.41, 5.74) is -0.532. The second-order valence-electron chi connectivity index (χ2n) is 6.14. The molecular weight excluding hydrogens is 324 g/mol. The van der Waals surface area contributed by atoms with E-state index >= 15 is 0 Å². The first-order valence-electron chi connectivity index (χ1n) is 7.77. The number of aryl methyl sites for hydroxylation is 1. The SMILES string of the molecule is C=CCS(=O)(=O)C1=CC(C#N)(C(=O)C2CCn3cccc32)CC=C1. The van der Waals surface area contributed by atoms with Crippen molar-refractivity contribution >= 4 is 15.6 Å². The summed E-state index contributed by atoms with van der Waals surface area (Å²) in [6, 6.07) is 5.85. The minimum atomic E-state index is -3.57. The third-order valence-corrected chi connectivity index (χ3v) is 6.29. The molecule has 0 N–H and O–H groups in total. The molecule has 0 radical (unpaired) electrons. The second kappa shape index (κ2) is 5.91. The Labute approximate surface area is 141 Å².